The predicted octanol–water partition coefficient (Wildman–Crippen LogP) is 20.5. The van der Waals surface area contributed by atoms with Crippen LogP contribution in [0.4, 0.5) is 17.1 Å². The lowest BCUT2D eigenvalue weighted by Gasteiger charge is -2.34. The molecule has 0 N–H and O–H groups in total. The first-order valence-electron chi connectivity index (χ1n) is 27.1. The Bertz CT molecular complexity index is 4470. The van der Waals surface area contributed by atoms with Crippen molar-refractivity contribution in [3.05, 3.63) is 233 Å². The number of rotatable bonds is 5. The number of para-hydroxylation sites is 3. The maximum atomic E-state index is 7.10. The molecule has 3 aliphatic carbocycles. The summed E-state index contributed by atoms with van der Waals surface area (Å²) in [7, 11) is 0. The topological polar surface area (TPSA) is 29.5 Å². The van der Waals surface area contributed by atoms with E-state index in [2.05, 4.69) is 261 Å². The molecule has 0 bridgehead atoms. The minimum absolute atomic E-state index is 0.137. The Kier molecular flexibility index (Phi) is 9.10. The lowest BCUT2D eigenvalue weighted by molar-refractivity contribution is 0.591. The van der Waals surface area contributed by atoms with Gasteiger partial charge in [-0.15, -0.1) is 0 Å². The molecule has 2 aromatic heterocycles. The molecule has 3 heteroatoms. The standard InChI is InChI=1S/C73H59NO2/c1-70(2,3)54-31-19-20-32-58(54)74(44-36-38-49-56(40-44)73(8,9)67-65(49)69-64(51-29-17-22-34-60(51)76-69)62-47-27-15-18-30-53(47)72(6,7)66(62)67)43-35-37-48-55(39-43)71(4,5)57-41-52(46-26-14-13-25-45(46)42-23-11-10-12-24-42)68-63(61(48)57)50-28-16-21-33-59(50)75-68/h10-41H,1-9H3. The molecule has 12 aromatic rings. The predicted molar refractivity (Wildman–Crippen MR) is 318 cm³/mol. The normalized spacial score (nSPS) is 15.2. The van der Waals surface area contributed by atoms with Crippen LogP contribution < -0.4 is 4.90 Å². The molecule has 76 heavy (non-hydrogen) atoms. The van der Waals surface area contributed by atoms with Crippen molar-refractivity contribution in [2.75, 3.05) is 4.90 Å². The maximum absolute atomic E-state index is 7.10. The minimum Gasteiger partial charge on any atom is -0.455 e. The molecular formula is C73H59NO2. The van der Waals surface area contributed by atoms with E-state index in [-0.39, 0.29) is 21.7 Å². The van der Waals surface area contributed by atoms with E-state index >= 15 is 0 Å². The smallest absolute Gasteiger partial charge is 0.144 e. The summed E-state index contributed by atoms with van der Waals surface area (Å²) in [6.45, 7) is 21.6. The second-order valence-corrected chi connectivity index (χ2v) is 24.3. The Morgan fingerprint density at radius 3 is 1.55 bits per heavy atom. The summed E-state index contributed by atoms with van der Waals surface area (Å²) in [6.07, 6.45) is 0. The first-order valence-corrected chi connectivity index (χ1v) is 27.1. The van der Waals surface area contributed by atoms with Gasteiger partial charge in [-0.05, 0) is 137 Å². The van der Waals surface area contributed by atoms with Crippen LogP contribution >= 0.6 is 0 Å². The third kappa shape index (κ3) is 5.94. The molecule has 10 aromatic carbocycles. The van der Waals surface area contributed by atoms with E-state index in [4.69, 9.17) is 8.83 Å². The molecule has 368 valence electrons. The Morgan fingerprint density at radius 2 is 0.868 bits per heavy atom. The molecular weight excluding hydrogens is 923 g/mol. The third-order valence-corrected chi connectivity index (χ3v) is 17.9. The summed E-state index contributed by atoms with van der Waals surface area (Å²) in [6, 6.07) is 71.9. The molecule has 0 radical (unpaired) electrons. The lowest BCUT2D eigenvalue weighted by atomic mass is 9.72. The highest BCUT2D eigenvalue weighted by atomic mass is 16.3. The number of fused-ring (bicyclic) bond motifs is 19. The Labute approximate surface area is 445 Å². The molecule has 0 saturated heterocycles. The molecule has 0 saturated carbocycles. The highest BCUT2D eigenvalue weighted by Crippen LogP contribution is 2.64. The molecule has 0 atom stereocenters. The van der Waals surface area contributed by atoms with Crippen LogP contribution in [0.15, 0.2) is 203 Å². The molecule has 0 unspecified atom stereocenters. The number of anilines is 3. The van der Waals surface area contributed by atoms with Crippen LogP contribution in [0.5, 0.6) is 0 Å². The van der Waals surface area contributed by atoms with Gasteiger partial charge in [0.2, 0.25) is 0 Å². The summed E-state index contributed by atoms with van der Waals surface area (Å²) in [4.78, 5) is 2.55. The third-order valence-electron chi connectivity index (χ3n) is 17.9. The van der Waals surface area contributed by atoms with Gasteiger partial charge in [0.15, 0.2) is 0 Å². The average Bonchev–Trinajstić information content (AvgIpc) is 4.39. The number of hydrogen-bond acceptors (Lipinski definition) is 3. The van der Waals surface area contributed by atoms with Crippen LogP contribution in [0.2, 0.25) is 0 Å². The summed E-state index contributed by atoms with van der Waals surface area (Å²) in [5.74, 6) is 0. The highest BCUT2D eigenvalue weighted by molar-refractivity contribution is 6.22. The van der Waals surface area contributed by atoms with Crippen LogP contribution in [0.25, 0.3) is 99.5 Å². The van der Waals surface area contributed by atoms with Gasteiger partial charge < -0.3 is 13.7 Å². The SMILES string of the molecule is CC(C)(C)c1ccccc1N(c1ccc2c(c1)C(C)(C)c1cc(-c3ccccc3-c3ccccc3)c3oc4ccccc4c3c1-2)c1ccc2c(c1)C(C)(C)c1c3c(c4c(oc5ccccc54)c1-2)-c1ccccc1C3(C)C. The van der Waals surface area contributed by atoms with Gasteiger partial charge in [0, 0.05) is 66.0 Å². The molecule has 0 spiro atoms. The van der Waals surface area contributed by atoms with Gasteiger partial charge in [-0.2, -0.15) is 0 Å². The maximum Gasteiger partial charge on any atom is 0.144 e. The van der Waals surface area contributed by atoms with E-state index in [1.54, 1.807) is 0 Å². The zero-order valence-corrected chi connectivity index (χ0v) is 44.7. The second-order valence-electron chi connectivity index (χ2n) is 24.3. The van der Waals surface area contributed by atoms with Gasteiger partial charge in [0.25, 0.3) is 0 Å². The summed E-state index contributed by atoms with van der Waals surface area (Å²) in [5, 5.41) is 4.72. The minimum atomic E-state index is -0.358. The van der Waals surface area contributed by atoms with Crippen molar-refractivity contribution in [1.82, 2.24) is 0 Å². The van der Waals surface area contributed by atoms with Crippen molar-refractivity contribution in [2.24, 2.45) is 0 Å². The zero-order chi connectivity index (χ0) is 51.8. The Morgan fingerprint density at radius 1 is 0.368 bits per heavy atom. The van der Waals surface area contributed by atoms with Crippen LogP contribution in [-0.2, 0) is 21.7 Å². The first-order chi connectivity index (χ1) is 36.6. The molecule has 0 amide bonds. The van der Waals surface area contributed by atoms with E-state index in [1.165, 1.54) is 111 Å². The van der Waals surface area contributed by atoms with Crippen molar-refractivity contribution in [1.29, 1.82) is 0 Å². The summed E-state index contributed by atoms with van der Waals surface area (Å²) < 4.78 is 14.1. The summed E-state index contributed by atoms with van der Waals surface area (Å²) in [5.41, 5.74) is 27.8. The van der Waals surface area contributed by atoms with E-state index in [1.807, 2.05) is 0 Å². The molecule has 3 aliphatic rings. The molecule has 15 rings (SSSR count). The highest BCUT2D eigenvalue weighted by Gasteiger charge is 2.49. The van der Waals surface area contributed by atoms with Crippen LogP contribution in [0, 0.1) is 0 Å². The lowest BCUT2D eigenvalue weighted by Crippen LogP contribution is -2.24. The van der Waals surface area contributed by atoms with Crippen molar-refractivity contribution in [3.63, 3.8) is 0 Å². The fraction of sp³-hybridized carbons (Fsp3) is 0.178. The van der Waals surface area contributed by atoms with Gasteiger partial charge in [-0.3, -0.25) is 0 Å². The number of nitrogens with zero attached hydrogens (tertiary/aromatic N) is 1. The number of benzene rings is 10. The quantitative estimate of drug-likeness (QED) is 0.172. The van der Waals surface area contributed by atoms with E-state index in [0.29, 0.717) is 0 Å². The van der Waals surface area contributed by atoms with E-state index in [9.17, 15) is 0 Å². The van der Waals surface area contributed by atoms with Crippen LogP contribution in [-0.4, -0.2) is 0 Å². The molecule has 0 aliphatic heterocycles. The van der Waals surface area contributed by atoms with Crippen molar-refractivity contribution in [2.45, 2.75) is 84.0 Å². The van der Waals surface area contributed by atoms with Crippen molar-refractivity contribution in [3.8, 4) is 55.6 Å². The zero-order valence-electron chi connectivity index (χ0n) is 44.7. The van der Waals surface area contributed by atoms with Crippen molar-refractivity contribution >= 4 is 60.9 Å². The molecule has 0 fully saturated rings. The number of hydrogen-bond donors (Lipinski definition) is 0. The fourth-order valence-electron chi connectivity index (χ4n) is 14.4. The van der Waals surface area contributed by atoms with Crippen LogP contribution in [0.1, 0.15) is 101 Å². The van der Waals surface area contributed by atoms with E-state index < -0.39 is 0 Å². The number of furan rings is 2. The molecule has 3 nitrogen and oxygen atoms in total. The van der Waals surface area contributed by atoms with Gasteiger partial charge in [0.05, 0.1) is 0 Å². The summed E-state index contributed by atoms with van der Waals surface area (Å²) >= 11 is 0. The Hall–Kier alpha value is -8.40. The van der Waals surface area contributed by atoms with Gasteiger partial charge in [0.1, 0.15) is 22.3 Å². The van der Waals surface area contributed by atoms with Gasteiger partial charge in [-0.25, -0.2) is 0 Å². The average molecular weight is 982 g/mol. The largest absolute Gasteiger partial charge is 0.455 e. The van der Waals surface area contributed by atoms with Gasteiger partial charge >= 0.3 is 0 Å². The van der Waals surface area contributed by atoms with Crippen molar-refractivity contribution < 1.29 is 8.83 Å². The van der Waals surface area contributed by atoms with E-state index in [0.717, 1.165) is 44.7 Å². The Balaban J connectivity index is 0.955. The fourth-order valence-corrected chi connectivity index (χ4v) is 14.4. The van der Waals surface area contributed by atoms with Crippen LogP contribution in [0.3, 0.4) is 0 Å². The first kappa shape index (κ1) is 45.0. The van der Waals surface area contributed by atoms with Gasteiger partial charge in [-0.1, -0.05) is 208 Å². The monoisotopic (exact) mass is 981 g/mol. The molecule has 2 heterocycles. The second kappa shape index (κ2) is 15.4.